The molecule has 1 saturated carbocycles. The third-order valence-corrected chi connectivity index (χ3v) is 3.78. The molecule has 1 fully saturated rings. The van der Waals surface area contributed by atoms with E-state index in [0.717, 1.165) is 19.1 Å². The summed E-state index contributed by atoms with van der Waals surface area (Å²) in [6, 6.07) is 7.61. The van der Waals surface area contributed by atoms with Gasteiger partial charge in [0.15, 0.2) is 0 Å². The van der Waals surface area contributed by atoms with Crippen LogP contribution in [0.4, 0.5) is 5.69 Å². The van der Waals surface area contributed by atoms with Crippen LogP contribution in [0.2, 0.25) is 0 Å². The lowest BCUT2D eigenvalue weighted by Gasteiger charge is -2.21. The van der Waals surface area contributed by atoms with Crippen molar-refractivity contribution < 1.29 is 0 Å². The first kappa shape index (κ1) is 10.2. The van der Waals surface area contributed by atoms with Gasteiger partial charge < -0.3 is 5.32 Å². The summed E-state index contributed by atoms with van der Waals surface area (Å²) in [6.07, 6.45) is 3.99. The zero-order chi connectivity index (χ0) is 11.0. The molecular formula is C14H20N2. The Labute approximate surface area is 97.6 Å². The van der Waals surface area contributed by atoms with Gasteiger partial charge in [0.05, 0.1) is 0 Å². The summed E-state index contributed by atoms with van der Waals surface area (Å²) in [5, 5.41) is 3.53. The number of fused-ring (bicyclic) bond motifs is 1. The van der Waals surface area contributed by atoms with Gasteiger partial charge in [0.25, 0.3) is 0 Å². The molecule has 16 heavy (non-hydrogen) atoms. The molecule has 0 amide bonds. The summed E-state index contributed by atoms with van der Waals surface area (Å²) in [7, 11) is 0. The van der Waals surface area contributed by atoms with E-state index in [0.29, 0.717) is 0 Å². The number of hydrogen-bond acceptors (Lipinski definition) is 2. The van der Waals surface area contributed by atoms with Gasteiger partial charge in [-0.3, -0.25) is 4.90 Å². The number of para-hydroxylation sites is 1. The molecule has 1 aromatic carbocycles. The molecule has 1 heterocycles. The molecule has 2 heteroatoms. The van der Waals surface area contributed by atoms with E-state index in [1.807, 2.05) is 0 Å². The second-order valence-corrected chi connectivity index (χ2v) is 4.92. The van der Waals surface area contributed by atoms with Crippen LogP contribution in [0.25, 0.3) is 0 Å². The Balaban J connectivity index is 1.81. The molecule has 1 aromatic rings. The van der Waals surface area contributed by atoms with Crippen LogP contribution in [-0.4, -0.2) is 24.0 Å². The van der Waals surface area contributed by atoms with Crippen molar-refractivity contribution in [3.05, 3.63) is 29.3 Å². The molecule has 2 nitrogen and oxygen atoms in total. The monoisotopic (exact) mass is 216 g/mol. The van der Waals surface area contributed by atoms with Crippen LogP contribution in [0.3, 0.4) is 0 Å². The normalized spacial score (nSPS) is 18.6. The van der Waals surface area contributed by atoms with E-state index in [-0.39, 0.29) is 0 Å². The Kier molecular flexibility index (Phi) is 2.60. The van der Waals surface area contributed by atoms with Gasteiger partial charge in [0, 0.05) is 24.8 Å². The van der Waals surface area contributed by atoms with Crippen LogP contribution >= 0.6 is 0 Å². The van der Waals surface area contributed by atoms with Gasteiger partial charge in [-0.05, 0) is 36.9 Å². The fraction of sp³-hybridized carbons (Fsp3) is 0.571. The molecule has 0 spiro atoms. The molecule has 0 atom stereocenters. The maximum Gasteiger partial charge on any atom is 0.0419 e. The average Bonchev–Trinajstić information content (AvgIpc) is 3.03. The zero-order valence-corrected chi connectivity index (χ0v) is 10.00. The second-order valence-electron chi connectivity index (χ2n) is 4.92. The minimum atomic E-state index is 0.863. The number of rotatable bonds is 4. The number of nitrogens with one attached hydrogen (secondary N) is 1. The molecule has 86 valence electrons. The van der Waals surface area contributed by atoms with E-state index in [1.54, 1.807) is 0 Å². The van der Waals surface area contributed by atoms with Gasteiger partial charge >= 0.3 is 0 Å². The van der Waals surface area contributed by atoms with Crippen molar-refractivity contribution in [1.29, 1.82) is 0 Å². The number of anilines is 1. The molecule has 0 aromatic heterocycles. The van der Waals surface area contributed by atoms with Gasteiger partial charge in [-0.1, -0.05) is 25.1 Å². The third kappa shape index (κ3) is 1.82. The minimum Gasteiger partial charge on any atom is -0.384 e. The predicted octanol–water partition coefficient (Wildman–Crippen LogP) is 2.64. The summed E-state index contributed by atoms with van der Waals surface area (Å²) >= 11 is 0. The molecule has 1 N–H and O–H groups in total. The number of benzene rings is 1. The lowest BCUT2D eigenvalue weighted by Crippen LogP contribution is -2.25. The maximum absolute atomic E-state index is 3.53. The summed E-state index contributed by atoms with van der Waals surface area (Å²) in [6.45, 7) is 5.68. The van der Waals surface area contributed by atoms with Gasteiger partial charge in [-0.15, -0.1) is 0 Å². The smallest absolute Gasteiger partial charge is 0.0419 e. The molecular weight excluding hydrogens is 196 g/mol. The van der Waals surface area contributed by atoms with E-state index in [1.165, 1.54) is 42.6 Å². The Morgan fingerprint density at radius 1 is 1.38 bits per heavy atom. The topological polar surface area (TPSA) is 15.3 Å². The molecule has 0 bridgehead atoms. The molecule has 0 saturated heterocycles. The average molecular weight is 216 g/mol. The predicted molar refractivity (Wildman–Crippen MR) is 67.7 cm³/mol. The van der Waals surface area contributed by atoms with Crippen LogP contribution < -0.4 is 5.32 Å². The lowest BCUT2D eigenvalue weighted by molar-refractivity contribution is 0.270. The highest BCUT2D eigenvalue weighted by atomic mass is 15.2. The fourth-order valence-corrected chi connectivity index (χ4v) is 2.70. The molecule has 1 aliphatic heterocycles. The zero-order valence-electron chi connectivity index (χ0n) is 10.00. The van der Waals surface area contributed by atoms with Crippen molar-refractivity contribution in [1.82, 2.24) is 4.90 Å². The van der Waals surface area contributed by atoms with Crippen molar-refractivity contribution in [3.8, 4) is 0 Å². The molecule has 1 aliphatic carbocycles. The fourth-order valence-electron chi connectivity index (χ4n) is 2.70. The van der Waals surface area contributed by atoms with Gasteiger partial charge in [0.1, 0.15) is 0 Å². The Bertz CT molecular complexity index is 382. The van der Waals surface area contributed by atoms with Crippen molar-refractivity contribution in [2.24, 2.45) is 0 Å². The van der Waals surface area contributed by atoms with E-state index in [2.05, 4.69) is 35.3 Å². The van der Waals surface area contributed by atoms with Gasteiger partial charge in [-0.25, -0.2) is 0 Å². The van der Waals surface area contributed by atoms with E-state index >= 15 is 0 Å². The van der Waals surface area contributed by atoms with Crippen LogP contribution in [0.5, 0.6) is 0 Å². The van der Waals surface area contributed by atoms with Gasteiger partial charge in [0.2, 0.25) is 0 Å². The molecule has 3 rings (SSSR count). The first-order valence-corrected chi connectivity index (χ1v) is 6.47. The highest BCUT2D eigenvalue weighted by Gasteiger charge is 2.28. The Morgan fingerprint density at radius 3 is 3.00 bits per heavy atom. The number of hydrogen-bond donors (Lipinski definition) is 1. The number of nitrogens with zero attached hydrogens (tertiary/aromatic N) is 1. The largest absolute Gasteiger partial charge is 0.384 e. The van der Waals surface area contributed by atoms with E-state index in [4.69, 9.17) is 0 Å². The van der Waals surface area contributed by atoms with Crippen molar-refractivity contribution >= 4 is 5.69 Å². The maximum atomic E-state index is 3.53. The summed E-state index contributed by atoms with van der Waals surface area (Å²) in [4.78, 5) is 2.61. The summed E-state index contributed by atoms with van der Waals surface area (Å²) < 4.78 is 0. The molecule has 0 radical (unpaired) electrons. The van der Waals surface area contributed by atoms with Crippen LogP contribution in [0.1, 0.15) is 30.9 Å². The quantitative estimate of drug-likeness (QED) is 0.832. The first-order valence-electron chi connectivity index (χ1n) is 6.47. The Morgan fingerprint density at radius 2 is 2.25 bits per heavy atom. The Hall–Kier alpha value is -1.02. The highest BCUT2D eigenvalue weighted by molar-refractivity contribution is 5.61. The summed E-state index contributed by atoms with van der Waals surface area (Å²) in [5.41, 5.74) is 4.41. The van der Waals surface area contributed by atoms with Crippen LogP contribution in [0, 0.1) is 0 Å². The highest BCUT2D eigenvalue weighted by Crippen LogP contribution is 2.32. The third-order valence-electron chi connectivity index (χ3n) is 3.78. The second kappa shape index (κ2) is 4.10. The van der Waals surface area contributed by atoms with Crippen LogP contribution in [-0.2, 0) is 13.0 Å². The minimum absolute atomic E-state index is 0.863. The molecule has 2 aliphatic rings. The van der Waals surface area contributed by atoms with E-state index in [9.17, 15) is 0 Å². The van der Waals surface area contributed by atoms with E-state index < -0.39 is 0 Å². The first-order chi connectivity index (χ1) is 7.88. The van der Waals surface area contributed by atoms with Crippen molar-refractivity contribution in [2.45, 2.75) is 38.8 Å². The standard InChI is InChI=1S/C14H20N2/c1-2-16(13-6-7-13)10-12-5-3-4-11-8-9-15-14(11)12/h3-5,13,15H,2,6-10H2,1H3. The summed E-state index contributed by atoms with van der Waals surface area (Å²) in [5.74, 6) is 0. The molecule has 0 unspecified atom stereocenters. The van der Waals surface area contributed by atoms with Crippen LogP contribution in [0.15, 0.2) is 18.2 Å². The van der Waals surface area contributed by atoms with Crippen molar-refractivity contribution in [3.63, 3.8) is 0 Å². The van der Waals surface area contributed by atoms with Gasteiger partial charge in [-0.2, -0.15) is 0 Å². The van der Waals surface area contributed by atoms with Crippen molar-refractivity contribution in [2.75, 3.05) is 18.4 Å². The lowest BCUT2D eigenvalue weighted by atomic mass is 10.1. The SMILES string of the molecule is CCN(Cc1cccc2c1NCC2)C1CC1.